The predicted octanol–water partition coefficient (Wildman–Crippen LogP) is 4.90. The summed E-state index contributed by atoms with van der Waals surface area (Å²) in [6, 6.07) is 19.0. The third-order valence-corrected chi connectivity index (χ3v) is 6.71. The number of benzene rings is 3. The van der Waals surface area contributed by atoms with Gasteiger partial charge in [-0.2, -0.15) is 0 Å². The van der Waals surface area contributed by atoms with Gasteiger partial charge in [-0.1, -0.05) is 59.6 Å². The fourth-order valence-corrected chi connectivity index (χ4v) is 4.46. The molecule has 6 nitrogen and oxygen atoms in total. The Morgan fingerprint density at radius 2 is 1.69 bits per heavy atom. The summed E-state index contributed by atoms with van der Waals surface area (Å²) in [5.74, 6) is 0.448. The molecule has 0 radical (unpaired) electrons. The van der Waals surface area contributed by atoms with Crippen molar-refractivity contribution in [3.8, 4) is 5.75 Å². The molecule has 3 aromatic rings. The molecule has 0 aliphatic rings. The van der Waals surface area contributed by atoms with E-state index in [0.29, 0.717) is 29.1 Å². The average Bonchev–Trinajstić information content (AvgIpc) is 2.78. The zero-order valence-electron chi connectivity index (χ0n) is 17.5. The van der Waals surface area contributed by atoms with Crippen molar-refractivity contribution in [1.82, 2.24) is 5.32 Å². The Balaban J connectivity index is 1.74. The summed E-state index contributed by atoms with van der Waals surface area (Å²) in [4.78, 5) is 12.5. The van der Waals surface area contributed by atoms with Crippen LogP contribution in [0.15, 0.2) is 66.7 Å². The summed E-state index contributed by atoms with van der Waals surface area (Å²) < 4.78 is 31.3. The number of carbonyl (C=O) groups is 1. The molecule has 9 heteroatoms. The number of nitrogens with zero attached hydrogens (tertiary/aromatic N) is 1. The third-order valence-electron chi connectivity index (χ3n) is 4.77. The van der Waals surface area contributed by atoms with Gasteiger partial charge in [0.1, 0.15) is 5.75 Å². The molecule has 1 amide bonds. The molecule has 0 heterocycles. The van der Waals surface area contributed by atoms with Gasteiger partial charge in [0, 0.05) is 17.7 Å². The number of anilines is 1. The van der Waals surface area contributed by atoms with Crippen LogP contribution in [-0.2, 0) is 23.1 Å². The van der Waals surface area contributed by atoms with Crippen LogP contribution >= 0.6 is 23.2 Å². The van der Waals surface area contributed by atoms with E-state index in [2.05, 4.69) is 5.32 Å². The van der Waals surface area contributed by atoms with Gasteiger partial charge in [0.2, 0.25) is 10.0 Å². The van der Waals surface area contributed by atoms with Gasteiger partial charge in [0.25, 0.3) is 5.91 Å². The number of nitrogens with one attached hydrogen (secondary N) is 1. The molecule has 3 rings (SSSR count). The number of ether oxygens (including phenoxy) is 1. The number of hydrogen-bond donors (Lipinski definition) is 1. The molecule has 3 aromatic carbocycles. The van der Waals surface area contributed by atoms with E-state index in [9.17, 15) is 13.2 Å². The molecule has 1 N–H and O–H groups in total. The van der Waals surface area contributed by atoms with Crippen LogP contribution in [0.3, 0.4) is 0 Å². The maximum Gasteiger partial charge on any atom is 0.251 e. The summed E-state index contributed by atoms with van der Waals surface area (Å²) in [5, 5.41) is 3.28. The van der Waals surface area contributed by atoms with Crippen molar-refractivity contribution >= 4 is 44.8 Å². The molecule has 0 atom stereocenters. The first-order chi connectivity index (χ1) is 15.2. The Morgan fingerprint density at radius 3 is 2.34 bits per heavy atom. The zero-order chi connectivity index (χ0) is 23.3. The second kappa shape index (κ2) is 10.3. The molecular formula is C23H22Cl2N2O4S. The monoisotopic (exact) mass is 492 g/mol. The molecule has 0 bridgehead atoms. The number of methoxy groups -OCH3 is 1. The summed E-state index contributed by atoms with van der Waals surface area (Å²) in [7, 11) is -2.05. The highest BCUT2D eigenvalue weighted by molar-refractivity contribution is 7.92. The molecule has 0 spiro atoms. The molecule has 0 fully saturated rings. The molecule has 0 aliphatic carbocycles. The van der Waals surface area contributed by atoms with Gasteiger partial charge in [-0.05, 0) is 35.9 Å². The lowest BCUT2D eigenvalue weighted by molar-refractivity contribution is 0.0950. The maximum atomic E-state index is 12.5. The normalized spacial score (nSPS) is 11.1. The highest BCUT2D eigenvalue weighted by atomic mass is 35.5. The minimum absolute atomic E-state index is 0.0437. The first-order valence-electron chi connectivity index (χ1n) is 9.61. The number of halogens is 2. The second-order valence-electron chi connectivity index (χ2n) is 7.03. The van der Waals surface area contributed by atoms with Gasteiger partial charge in [-0.3, -0.25) is 9.10 Å². The molecule has 0 unspecified atom stereocenters. The van der Waals surface area contributed by atoms with E-state index < -0.39 is 10.0 Å². The van der Waals surface area contributed by atoms with Crippen LogP contribution in [0.4, 0.5) is 5.69 Å². The molecule has 0 saturated carbocycles. The molecule has 0 aromatic heterocycles. The molecule has 0 saturated heterocycles. The Bertz CT molecular complexity index is 1210. The Hall–Kier alpha value is -2.74. The minimum Gasteiger partial charge on any atom is -0.496 e. The van der Waals surface area contributed by atoms with Gasteiger partial charge in [0.15, 0.2) is 0 Å². The topological polar surface area (TPSA) is 75.7 Å². The Labute approximate surface area is 197 Å². The van der Waals surface area contributed by atoms with Gasteiger partial charge in [0.05, 0.1) is 35.6 Å². The van der Waals surface area contributed by atoms with Crippen LogP contribution in [0.2, 0.25) is 10.0 Å². The summed E-state index contributed by atoms with van der Waals surface area (Å²) >= 11 is 12.3. The predicted molar refractivity (Wildman–Crippen MR) is 128 cm³/mol. The Morgan fingerprint density at radius 1 is 1.00 bits per heavy atom. The number of para-hydroxylation sites is 1. The van der Waals surface area contributed by atoms with Crippen molar-refractivity contribution in [2.45, 2.75) is 13.1 Å². The van der Waals surface area contributed by atoms with Crippen LogP contribution in [0.5, 0.6) is 5.75 Å². The van der Waals surface area contributed by atoms with Crippen LogP contribution in [0, 0.1) is 0 Å². The summed E-state index contributed by atoms with van der Waals surface area (Å²) in [5.41, 5.74) is 2.30. The number of hydrogen-bond acceptors (Lipinski definition) is 4. The molecule has 0 aliphatic heterocycles. The summed E-state index contributed by atoms with van der Waals surface area (Å²) in [6.45, 7) is 0.363. The quantitative estimate of drug-likeness (QED) is 0.485. The van der Waals surface area contributed by atoms with Crippen LogP contribution < -0.4 is 14.4 Å². The molecule has 32 heavy (non-hydrogen) atoms. The van der Waals surface area contributed by atoms with Crippen molar-refractivity contribution in [1.29, 1.82) is 0 Å². The highest BCUT2D eigenvalue weighted by Gasteiger charge is 2.21. The van der Waals surface area contributed by atoms with E-state index in [0.717, 1.165) is 11.8 Å². The van der Waals surface area contributed by atoms with Crippen LogP contribution in [-0.4, -0.2) is 27.7 Å². The van der Waals surface area contributed by atoms with Gasteiger partial charge < -0.3 is 10.1 Å². The molecular weight excluding hydrogens is 471 g/mol. The van der Waals surface area contributed by atoms with E-state index in [1.165, 1.54) is 4.31 Å². The van der Waals surface area contributed by atoms with Gasteiger partial charge >= 0.3 is 0 Å². The first kappa shape index (κ1) is 23.9. The fourth-order valence-electron chi connectivity index (χ4n) is 3.12. The minimum atomic E-state index is -3.63. The van der Waals surface area contributed by atoms with Gasteiger partial charge in [-0.15, -0.1) is 0 Å². The van der Waals surface area contributed by atoms with Crippen LogP contribution in [0.1, 0.15) is 21.5 Å². The molecule has 168 valence electrons. The lowest BCUT2D eigenvalue weighted by atomic mass is 10.1. The van der Waals surface area contributed by atoms with E-state index in [1.807, 2.05) is 24.3 Å². The van der Waals surface area contributed by atoms with Crippen molar-refractivity contribution < 1.29 is 17.9 Å². The lowest BCUT2D eigenvalue weighted by Crippen LogP contribution is -2.29. The van der Waals surface area contributed by atoms with Crippen LogP contribution in [0.25, 0.3) is 0 Å². The van der Waals surface area contributed by atoms with Crippen molar-refractivity contribution in [2.24, 2.45) is 0 Å². The maximum absolute atomic E-state index is 12.5. The average molecular weight is 493 g/mol. The SMILES string of the molecule is COc1ccccc1CNC(=O)c1ccc(CN(c2cccc(Cl)c2Cl)S(C)(=O)=O)cc1. The largest absolute Gasteiger partial charge is 0.496 e. The number of sulfonamides is 1. The number of rotatable bonds is 8. The number of carbonyl (C=O) groups excluding carboxylic acids is 1. The van der Waals surface area contributed by atoms with E-state index in [1.54, 1.807) is 49.6 Å². The smallest absolute Gasteiger partial charge is 0.251 e. The van der Waals surface area contributed by atoms with E-state index in [-0.39, 0.29) is 22.5 Å². The third kappa shape index (κ3) is 5.73. The zero-order valence-corrected chi connectivity index (χ0v) is 19.8. The fraction of sp³-hybridized carbons (Fsp3) is 0.174. The standard InChI is InChI=1S/C23H22Cl2N2O4S/c1-31-21-9-4-3-6-18(21)14-26-23(28)17-12-10-16(11-13-17)15-27(32(2,29)30)20-8-5-7-19(24)22(20)25/h3-13H,14-15H2,1-2H3,(H,26,28). The van der Waals surface area contributed by atoms with E-state index in [4.69, 9.17) is 27.9 Å². The van der Waals surface area contributed by atoms with Crippen molar-refractivity contribution in [2.75, 3.05) is 17.7 Å². The number of amides is 1. The first-order valence-corrected chi connectivity index (χ1v) is 12.2. The van der Waals surface area contributed by atoms with Crippen molar-refractivity contribution in [3.63, 3.8) is 0 Å². The second-order valence-corrected chi connectivity index (χ2v) is 9.73. The van der Waals surface area contributed by atoms with Crippen molar-refractivity contribution in [3.05, 3.63) is 93.5 Å². The van der Waals surface area contributed by atoms with E-state index >= 15 is 0 Å². The Kier molecular flexibility index (Phi) is 7.66. The van der Waals surface area contributed by atoms with Gasteiger partial charge in [-0.25, -0.2) is 8.42 Å². The highest BCUT2D eigenvalue weighted by Crippen LogP contribution is 2.34. The summed E-state index contributed by atoms with van der Waals surface area (Å²) in [6.07, 6.45) is 1.10. The lowest BCUT2D eigenvalue weighted by Gasteiger charge is -2.24.